The van der Waals surface area contributed by atoms with Gasteiger partial charge in [0.25, 0.3) is 0 Å². The van der Waals surface area contributed by atoms with Crippen LogP contribution in [0.5, 0.6) is 0 Å². The molecule has 2 N–H and O–H groups in total. The molecule has 1 saturated carbocycles. The lowest BCUT2D eigenvalue weighted by atomic mass is 10.3. The molecule has 1 aromatic heterocycles. The quantitative estimate of drug-likeness (QED) is 0.834. The van der Waals surface area contributed by atoms with E-state index in [0.29, 0.717) is 18.2 Å². The monoisotopic (exact) mass is 216 g/mol. The fourth-order valence-corrected chi connectivity index (χ4v) is 1.80. The van der Waals surface area contributed by atoms with Gasteiger partial charge in [-0.05, 0) is 31.9 Å². The Labute approximate surface area is 95.7 Å². The summed E-state index contributed by atoms with van der Waals surface area (Å²) < 4.78 is 0. The Bertz CT molecular complexity index is 418. The van der Waals surface area contributed by atoms with Crippen molar-refractivity contribution in [2.75, 3.05) is 17.2 Å². The molecule has 0 aromatic carbocycles. The number of hydrogen-bond acceptors (Lipinski definition) is 4. The average Bonchev–Trinajstić information content (AvgIpc) is 3.08. The zero-order valence-electron chi connectivity index (χ0n) is 9.48. The first-order chi connectivity index (χ1) is 7.72. The maximum absolute atomic E-state index is 8.66. The van der Waals surface area contributed by atoms with Crippen molar-refractivity contribution in [3.8, 4) is 6.07 Å². The number of anilines is 2. The van der Waals surface area contributed by atoms with E-state index in [0.717, 1.165) is 18.1 Å². The first-order valence-corrected chi connectivity index (χ1v) is 5.59. The SMILES string of the molecule is Cc1ccc(N)c(N(CCC#N)C2CC2)n1. The maximum atomic E-state index is 8.66. The number of aromatic nitrogens is 1. The zero-order valence-corrected chi connectivity index (χ0v) is 9.48. The molecular weight excluding hydrogens is 200 g/mol. The normalized spacial score (nSPS) is 14.5. The highest BCUT2D eigenvalue weighted by atomic mass is 15.2. The third kappa shape index (κ3) is 2.25. The Hall–Kier alpha value is -1.76. The highest BCUT2D eigenvalue weighted by Crippen LogP contribution is 2.33. The predicted molar refractivity (Wildman–Crippen MR) is 64.0 cm³/mol. The lowest BCUT2D eigenvalue weighted by Crippen LogP contribution is -2.28. The van der Waals surface area contributed by atoms with E-state index >= 15 is 0 Å². The van der Waals surface area contributed by atoms with E-state index in [2.05, 4.69) is 16.0 Å². The number of rotatable bonds is 4. The minimum Gasteiger partial charge on any atom is -0.396 e. The van der Waals surface area contributed by atoms with Gasteiger partial charge in [0.2, 0.25) is 0 Å². The topological polar surface area (TPSA) is 65.9 Å². The van der Waals surface area contributed by atoms with Crippen molar-refractivity contribution in [1.82, 2.24) is 4.98 Å². The van der Waals surface area contributed by atoms with Gasteiger partial charge in [0, 0.05) is 18.3 Å². The summed E-state index contributed by atoms with van der Waals surface area (Å²) in [6.07, 6.45) is 2.88. The lowest BCUT2D eigenvalue weighted by Gasteiger charge is -2.24. The maximum Gasteiger partial charge on any atom is 0.152 e. The van der Waals surface area contributed by atoms with Gasteiger partial charge in [-0.25, -0.2) is 4.98 Å². The fraction of sp³-hybridized carbons (Fsp3) is 0.500. The molecule has 84 valence electrons. The first kappa shape index (κ1) is 10.7. The van der Waals surface area contributed by atoms with Crippen LogP contribution >= 0.6 is 0 Å². The van der Waals surface area contributed by atoms with Crippen molar-refractivity contribution >= 4 is 11.5 Å². The van der Waals surface area contributed by atoms with E-state index in [1.54, 1.807) is 0 Å². The van der Waals surface area contributed by atoms with Crippen molar-refractivity contribution in [3.63, 3.8) is 0 Å². The van der Waals surface area contributed by atoms with Crippen LogP contribution < -0.4 is 10.6 Å². The lowest BCUT2D eigenvalue weighted by molar-refractivity contribution is 0.777. The summed E-state index contributed by atoms with van der Waals surface area (Å²) in [5.41, 5.74) is 7.61. The minimum atomic E-state index is 0.519. The second-order valence-corrected chi connectivity index (χ2v) is 4.20. The molecule has 1 aliphatic rings. The molecule has 0 amide bonds. The Balaban J connectivity index is 2.23. The van der Waals surface area contributed by atoms with Crippen molar-refractivity contribution in [3.05, 3.63) is 17.8 Å². The van der Waals surface area contributed by atoms with E-state index < -0.39 is 0 Å². The van der Waals surface area contributed by atoms with Crippen LogP contribution in [0.4, 0.5) is 11.5 Å². The van der Waals surface area contributed by atoms with E-state index in [-0.39, 0.29) is 0 Å². The van der Waals surface area contributed by atoms with Crippen molar-refractivity contribution in [1.29, 1.82) is 5.26 Å². The minimum absolute atomic E-state index is 0.519. The Morgan fingerprint density at radius 3 is 2.94 bits per heavy atom. The summed E-state index contributed by atoms with van der Waals surface area (Å²) >= 11 is 0. The second kappa shape index (κ2) is 4.40. The summed E-state index contributed by atoms with van der Waals surface area (Å²) in [4.78, 5) is 6.65. The van der Waals surface area contributed by atoms with Crippen LogP contribution in [-0.4, -0.2) is 17.6 Å². The standard InChI is InChI=1S/C12H16N4/c1-9-3-6-11(14)12(15-9)16(8-2-7-13)10-4-5-10/h3,6,10H,2,4-5,8,14H2,1H3. The number of nitrogens with zero attached hydrogens (tertiary/aromatic N) is 3. The fourth-order valence-electron chi connectivity index (χ4n) is 1.80. The van der Waals surface area contributed by atoms with Crippen LogP contribution in [-0.2, 0) is 0 Å². The zero-order chi connectivity index (χ0) is 11.5. The molecular formula is C12H16N4. The molecule has 4 heteroatoms. The number of nitrogen functional groups attached to an aromatic ring is 1. The van der Waals surface area contributed by atoms with Gasteiger partial charge in [-0.1, -0.05) is 0 Å². The van der Waals surface area contributed by atoms with E-state index in [9.17, 15) is 0 Å². The van der Waals surface area contributed by atoms with Gasteiger partial charge in [-0.3, -0.25) is 0 Å². The summed E-state index contributed by atoms with van der Waals surface area (Å²) in [5, 5.41) is 8.66. The van der Waals surface area contributed by atoms with E-state index in [4.69, 9.17) is 11.0 Å². The van der Waals surface area contributed by atoms with Crippen LogP contribution in [0.1, 0.15) is 25.0 Å². The summed E-state index contributed by atoms with van der Waals surface area (Å²) in [5.74, 6) is 0.845. The van der Waals surface area contributed by atoms with Crippen LogP contribution in [0.25, 0.3) is 0 Å². The average molecular weight is 216 g/mol. The van der Waals surface area contributed by atoms with Gasteiger partial charge in [0.15, 0.2) is 5.82 Å². The number of aryl methyl sites for hydroxylation is 1. The molecule has 0 spiro atoms. The highest BCUT2D eigenvalue weighted by Gasteiger charge is 2.30. The summed E-state index contributed by atoms with van der Waals surface area (Å²) in [7, 11) is 0. The molecule has 4 nitrogen and oxygen atoms in total. The molecule has 0 bridgehead atoms. The molecule has 0 aliphatic heterocycles. The van der Waals surface area contributed by atoms with Gasteiger partial charge < -0.3 is 10.6 Å². The van der Waals surface area contributed by atoms with Gasteiger partial charge in [-0.15, -0.1) is 0 Å². The van der Waals surface area contributed by atoms with Crippen LogP contribution in [0, 0.1) is 18.3 Å². The van der Waals surface area contributed by atoms with E-state index in [1.807, 2.05) is 19.1 Å². The van der Waals surface area contributed by atoms with Crippen LogP contribution in [0.2, 0.25) is 0 Å². The number of nitrogens with two attached hydrogens (primary N) is 1. The first-order valence-electron chi connectivity index (χ1n) is 5.59. The molecule has 1 aromatic rings. The van der Waals surface area contributed by atoms with Crippen molar-refractivity contribution in [2.45, 2.75) is 32.2 Å². The number of pyridine rings is 1. The molecule has 1 fully saturated rings. The third-order valence-corrected chi connectivity index (χ3v) is 2.77. The van der Waals surface area contributed by atoms with Crippen LogP contribution in [0.3, 0.4) is 0 Å². The Kier molecular flexibility index (Phi) is 2.95. The van der Waals surface area contributed by atoms with Crippen molar-refractivity contribution < 1.29 is 0 Å². The molecule has 2 rings (SSSR count). The third-order valence-electron chi connectivity index (χ3n) is 2.77. The van der Waals surface area contributed by atoms with Gasteiger partial charge in [-0.2, -0.15) is 5.26 Å². The molecule has 1 aliphatic carbocycles. The predicted octanol–water partition coefficient (Wildman–Crippen LogP) is 1.85. The van der Waals surface area contributed by atoms with Crippen molar-refractivity contribution in [2.24, 2.45) is 0 Å². The van der Waals surface area contributed by atoms with E-state index in [1.165, 1.54) is 12.8 Å². The van der Waals surface area contributed by atoms with Gasteiger partial charge in [0.05, 0.1) is 18.2 Å². The number of nitriles is 1. The van der Waals surface area contributed by atoms with Gasteiger partial charge >= 0.3 is 0 Å². The Morgan fingerprint density at radius 1 is 1.56 bits per heavy atom. The smallest absolute Gasteiger partial charge is 0.152 e. The Morgan fingerprint density at radius 2 is 2.31 bits per heavy atom. The largest absolute Gasteiger partial charge is 0.396 e. The molecule has 16 heavy (non-hydrogen) atoms. The summed E-state index contributed by atoms with van der Waals surface area (Å²) in [6.45, 7) is 2.68. The molecule has 0 saturated heterocycles. The molecule has 0 radical (unpaired) electrons. The highest BCUT2D eigenvalue weighted by molar-refractivity contribution is 5.64. The van der Waals surface area contributed by atoms with Gasteiger partial charge in [0.1, 0.15) is 0 Å². The number of hydrogen-bond donors (Lipinski definition) is 1. The molecule has 0 unspecified atom stereocenters. The van der Waals surface area contributed by atoms with Crippen LogP contribution in [0.15, 0.2) is 12.1 Å². The summed E-state index contributed by atoms with van der Waals surface area (Å²) in [6, 6.07) is 6.51. The molecule has 1 heterocycles. The second-order valence-electron chi connectivity index (χ2n) is 4.20. The molecule has 0 atom stereocenters.